The van der Waals surface area contributed by atoms with E-state index in [2.05, 4.69) is 36.8 Å². The van der Waals surface area contributed by atoms with E-state index in [0.29, 0.717) is 63.2 Å². The van der Waals surface area contributed by atoms with Gasteiger partial charge in [-0.2, -0.15) is 5.10 Å². The van der Waals surface area contributed by atoms with Gasteiger partial charge in [-0.05, 0) is 56.5 Å². The Morgan fingerprint density at radius 3 is 2.89 bits per heavy atom. The lowest BCUT2D eigenvalue weighted by Crippen LogP contribution is -2.22. The van der Waals surface area contributed by atoms with Crippen molar-refractivity contribution in [3.63, 3.8) is 0 Å². The van der Waals surface area contributed by atoms with E-state index in [0.717, 1.165) is 12.1 Å². The zero-order chi connectivity index (χ0) is 24.2. The molecule has 2 aliphatic rings. The lowest BCUT2D eigenvalue weighted by atomic mass is 9.86. The monoisotopic (exact) mass is 482 g/mol. The molecule has 2 aliphatic heterocycles. The molecule has 1 aromatic carbocycles. The molecule has 2 saturated heterocycles. The van der Waals surface area contributed by atoms with E-state index in [1.165, 1.54) is 25.5 Å². The van der Waals surface area contributed by atoms with Gasteiger partial charge in [0.05, 0.1) is 11.2 Å². The quantitative estimate of drug-likeness (QED) is 0.373. The van der Waals surface area contributed by atoms with E-state index in [1.54, 1.807) is 41.9 Å². The summed E-state index contributed by atoms with van der Waals surface area (Å²) in [4.78, 5) is 17.8. The molecule has 180 valence electrons. The van der Waals surface area contributed by atoms with Crippen LogP contribution >= 0.6 is 0 Å². The molecule has 3 atom stereocenters. The van der Waals surface area contributed by atoms with Crippen molar-refractivity contribution in [1.29, 1.82) is 0 Å². The van der Waals surface area contributed by atoms with Gasteiger partial charge in [-0.25, -0.2) is 28.8 Å². The molecule has 36 heavy (non-hydrogen) atoms. The summed E-state index contributed by atoms with van der Waals surface area (Å²) in [6.07, 6.45) is 8.18. The minimum Gasteiger partial charge on any atom is -0.457 e. The molecule has 0 spiro atoms. The third-order valence-electron chi connectivity index (χ3n) is 7.25. The fourth-order valence-corrected chi connectivity index (χ4v) is 5.39. The van der Waals surface area contributed by atoms with Gasteiger partial charge in [-0.15, -0.1) is 0 Å². The lowest BCUT2D eigenvalue weighted by molar-refractivity contribution is 0.471. The topological polar surface area (TPSA) is 102 Å². The fourth-order valence-electron chi connectivity index (χ4n) is 5.39. The third-order valence-corrected chi connectivity index (χ3v) is 7.25. The number of aromatic nitrogens is 6. The number of benzene rings is 1. The second kappa shape index (κ2) is 8.20. The predicted octanol–water partition coefficient (Wildman–Crippen LogP) is 4.66. The number of nitrogens with one attached hydrogen (secondary N) is 2. The van der Waals surface area contributed by atoms with Crippen molar-refractivity contribution >= 4 is 28.2 Å². The third kappa shape index (κ3) is 3.53. The molecule has 0 amide bonds. The van der Waals surface area contributed by atoms with Gasteiger partial charge < -0.3 is 15.4 Å². The van der Waals surface area contributed by atoms with E-state index in [4.69, 9.17) is 9.72 Å². The number of halogens is 1. The van der Waals surface area contributed by atoms with Crippen molar-refractivity contribution in [3.05, 3.63) is 72.3 Å². The van der Waals surface area contributed by atoms with Crippen molar-refractivity contribution in [3.8, 4) is 11.5 Å². The molecule has 0 unspecified atom stereocenters. The number of fused-ring (bicyclic) bond motifs is 4. The van der Waals surface area contributed by atoms with Gasteiger partial charge in [0.1, 0.15) is 29.7 Å². The smallest absolute Gasteiger partial charge is 0.160 e. The highest BCUT2D eigenvalue weighted by Gasteiger charge is 2.40. The van der Waals surface area contributed by atoms with Gasteiger partial charge in [-0.1, -0.05) is 0 Å². The van der Waals surface area contributed by atoms with Gasteiger partial charge in [0.25, 0.3) is 0 Å². The van der Waals surface area contributed by atoms with E-state index in [1.807, 2.05) is 6.07 Å². The molecule has 2 bridgehead atoms. The first-order valence-corrected chi connectivity index (χ1v) is 12.0. The van der Waals surface area contributed by atoms with Crippen molar-refractivity contribution in [1.82, 2.24) is 34.9 Å². The van der Waals surface area contributed by atoms with Crippen LogP contribution in [-0.2, 0) is 0 Å². The Morgan fingerprint density at radius 1 is 1.08 bits per heavy atom. The summed E-state index contributed by atoms with van der Waals surface area (Å²) < 4.78 is 23.0. The zero-order valence-corrected chi connectivity index (χ0v) is 19.5. The normalized spacial score (nSPS) is 20.9. The molecule has 5 aromatic rings. The Hall–Kier alpha value is -4.18. The maximum Gasteiger partial charge on any atom is 0.160 e. The van der Waals surface area contributed by atoms with Crippen LogP contribution in [-0.4, -0.2) is 41.6 Å². The van der Waals surface area contributed by atoms with E-state index in [-0.39, 0.29) is 0 Å². The first kappa shape index (κ1) is 21.1. The number of anilines is 2. The minimum absolute atomic E-state index is 0.293. The predicted molar refractivity (Wildman–Crippen MR) is 132 cm³/mol. The molecule has 7 rings (SSSR count). The van der Waals surface area contributed by atoms with E-state index >= 15 is 4.39 Å². The number of rotatable bonds is 5. The summed E-state index contributed by atoms with van der Waals surface area (Å²) in [6.45, 7) is 1.68. The molecule has 2 fully saturated rings. The van der Waals surface area contributed by atoms with Gasteiger partial charge in [0, 0.05) is 41.5 Å². The Kier molecular flexibility index (Phi) is 4.81. The Labute approximate surface area is 205 Å². The number of hydrogen-bond acceptors (Lipinski definition) is 8. The Balaban J connectivity index is 1.18. The van der Waals surface area contributed by atoms with Crippen molar-refractivity contribution in [2.24, 2.45) is 0 Å². The van der Waals surface area contributed by atoms with Crippen LogP contribution in [0.5, 0.6) is 11.5 Å². The van der Waals surface area contributed by atoms with Crippen LogP contribution in [0.3, 0.4) is 0 Å². The molecule has 0 saturated carbocycles. The largest absolute Gasteiger partial charge is 0.457 e. The summed E-state index contributed by atoms with van der Waals surface area (Å²) in [5, 5.41) is 10.9. The van der Waals surface area contributed by atoms with Crippen LogP contribution in [0.1, 0.15) is 36.4 Å². The minimum atomic E-state index is -0.420. The average Bonchev–Trinajstić information content (AvgIpc) is 3.66. The number of nitrogens with zero attached hydrogens (tertiary/aromatic N) is 6. The Bertz CT molecular complexity index is 1620. The van der Waals surface area contributed by atoms with Crippen LogP contribution < -0.4 is 15.4 Å². The summed E-state index contributed by atoms with van der Waals surface area (Å²) in [7, 11) is 0. The van der Waals surface area contributed by atoms with Gasteiger partial charge in [0.15, 0.2) is 17.3 Å². The molecule has 9 nitrogen and oxygen atoms in total. The van der Waals surface area contributed by atoms with Gasteiger partial charge in [-0.3, -0.25) is 0 Å². The molecule has 10 heteroatoms. The molecule has 4 aromatic heterocycles. The first-order valence-electron chi connectivity index (χ1n) is 12.0. The highest BCUT2D eigenvalue weighted by Crippen LogP contribution is 2.40. The summed E-state index contributed by atoms with van der Waals surface area (Å²) >= 11 is 0. The molecule has 6 heterocycles. The molecule has 2 N–H and O–H groups in total. The number of ether oxygens (including phenoxy) is 1. The van der Waals surface area contributed by atoms with Crippen LogP contribution in [0.25, 0.3) is 16.7 Å². The second-order valence-electron chi connectivity index (χ2n) is 9.42. The van der Waals surface area contributed by atoms with Crippen LogP contribution in [0.15, 0.2) is 55.2 Å². The summed E-state index contributed by atoms with van der Waals surface area (Å²) in [5.41, 5.74) is 3.70. The van der Waals surface area contributed by atoms with Crippen LogP contribution in [0, 0.1) is 12.7 Å². The maximum absolute atomic E-state index is 15.4. The highest BCUT2D eigenvalue weighted by molar-refractivity contribution is 5.87. The average molecular weight is 483 g/mol. The van der Waals surface area contributed by atoms with Crippen LogP contribution in [0.2, 0.25) is 0 Å². The molecule has 0 aliphatic carbocycles. The summed E-state index contributed by atoms with van der Waals surface area (Å²) in [6, 6.07) is 12.0. The molecular weight excluding hydrogens is 459 g/mol. The standard InChI is InChI=1S/C26H23FN8O/c1-14-22(36-16-8-9-35-23(11-16)29-13-31-35)7-6-20(24(14)27)34-26-25-21(28-12-30-26)5-4-19(33-25)17-10-15-2-3-18(17)32-15/h4-9,11-13,15,17-18,32H,2-3,10H2,1H3,(H,28,30,34)/t15-,17-,18+/m1/s1. The fraction of sp³-hybridized carbons (Fsp3) is 0.269. The van der Waals surface area contributed by atoms with Gasteiger partial charge in [0.2, 0.25) is 0 Å². The van der Waals surface area contributed by atoms with E-state index < -0.39 is 5.82 Å². The Morgan fingerprint density at radius 2 is 2.03 bits per heavy atom. The molecular formula is C26H23FN8O. The highest BCUT2D eigenvalue weighted by atomic mass is 19.1. The lowest BCUT2D eigenvalue weighted by Gasteiger charge is -2.20. The van der Waals surface area contributed by atoms with Crippen LogP contribution in [0.4, 0.5) is 15.9 Å². The maximum atomic E-state index is 15.4. The summed E-state index contributed by atoms with van der Waals surface area (Å²) in [5.74, 6) is 1.40. The molecule has 0 radical (unpaired) electrons. The number of pyridine rings is 2. The SMILES string of the molecule is Cc1c(Oc2ccn3ncnc3c2)ccc(Nc2ncnc3ccc([C@@H]4C[C@H]5CC[C@@H]4N5)nc23)c1F. The van der Waals surface area contributed by atoms with Crippen molar-refractivity contribution in [2.45, 2.75) is 44.2 Å². The second-order valence-corrected chi connectivity index (χ2v) is 9.42. The first-order chi connectivity index (χ1) is 17.6. The number of hydrogen-bond donors (Lipinski definition) is 2. The van der Waals surface area contributed by atoms with Crippen molar-refractivity contribution in [2.75, 3.05) is 5.32 Å². The van der Waals surface area contributed by atoms with E-state index in [9.17, 15) is 0 Å². The zero-order valence-electron chi connectivity index (χ0n) is 19.5. The van der Waals surface area contributed by atoms with Gasteiger partial charge >= 0.3 is 0 Å². The van der Waals surface area contributed by atoms with Crippen molar-refractivity contribution < 1.29 is 9.13 Å².